The lowest BCUT2D eigenvalue weighted by Crippen LogP contribution is -2.14. The normalized spacial score (nSPS) is 13.5. The van der Waals surface area contributed by atoms with Crippen LogP contribution in [0.25, 0.3) is 0 Å². The minimum atomic E-state index is 0.211. The summed E-state index contributed by atoms with van der Waals surface area (Å²) in [5.41, 5.74) is 7.42. The van der Waals surface area contributed by atoms with E-state index in [-0.39, 0.29) is 6.04 Å². The minimum absolute atomic E-state index is 0.211. The zero-order chi connectivity index (χ0) is 10.6. The van der Waals surface area contributed by atoms with Gasteiger partial charge in [-0.15, -0.1) is 11.3 Å². The summed E-state index contributed by atoms with van der Waals surface area (Å²) in [4.78, 5) is 0. The lowest BCUT2D eigenvalue weighted by molar-refractivity contribution is 0.415. The standard InChI is InChI=1S/C11H18BrNS/c1-3-8(4-2)5-10(13)9-6-11(12)14-7-9/h6-8,10H,3-5,13H2,1-2H3. The number of hydrogen-bond acceptors (Lipinski definition) is 2. The van der Waals surface area contributed by atoms with Crippen LogP contribution in [0.3, 0.4) is 0 Å². The van der Waals surface area contributed by atoms with Gasteiger partial charge >= 0.3 is 0 Å². The molecular weight excluding hydrogens is 258 g/mol. The second-order valence-electron chi connectivity index (χ2n) is 3.71. The van der Waals surface area contributed by atoms with Crippen LogP contribution in [-0.4, -0.2) is 0 Å². The average Bonchev–Trinajstić information content (AvgIpc) is 2.61. The maximum absolute atomic E-state index is 6.15. The summed E-state index contributed by atoms with van der Waals surface area (Å²) >= 11 is 5.18. The van der Waals surface area contributed by atoms with Crippen LogP contribution in [-0.2, 0) is 0 Å². The molecule has 14 heavy (non-hydrogen) atoms. The summed E-state index contributed by atoms with van der Waals surface area (Å²) in [7, 11) is 0. The van der Waals surface area contributed by atoms with Crippen LogP contribution in [0.5, 0.6) is 0 Å². The first-order valence-corrected chi connectivity index (χ1v) is 6.84. The van der Waals surface area contributed by atoms with Crippen molar-refractivity contribution in [1.29, 1.82) is 0 Å². The average molecular weight is 276 g/mol. The molecule has 2 N–H and O–H groups in total. The molecule has 1 heterocycles. The molecule has 80 valence electrons. The van der Waals surface area contributed by atoms with Gasteiger partial charge in [-0.1, -0.05) is 26.7 Å². The highest BCUT2D eigenvalue weighted by atomic mass is 79.9. The Balaban J connectivity index is 2.53. The van der Waals surface area contributed by atoms with Crippen molar-refractivity contribution in [1.82, 2.24) is 0 Å². The molecule has 0 radical (unpaired) electrons. The van der Waals surface area contributed by atoms with Crippen LogP contribution in [0.4, 0.5) is 0 Å². The Morgan fingerprint density at radius 2 is 2.07 bits per heavy atom. The van der Waals surface area contributed by atoms with E-state index in [4.69, 9.17) is 5.73 Å². The first kappa shape index (κ1) is 12.2. The van der Waals surface area contributed by atoms with Crippen LogP contribution in [0.15, 0.2) is 15.2 Å². The summed E-state index contributed by atoms with van der Waals surface area (Å²) < 4.78 is 1.17. The molecule has 3 heteroatoms. The lowest BCUT2D eigenvalue weighted by atomic mass is 9.93. The van der Waals surface area contributed by atoms with Crippen molar-refractivity contribution in [2.24, 2.45) is 11.7 Å². The van der Waals surface area contributed by atoms with Crippen LogP contribution < -0.4 is 5.73 Å². The van der Waals surface area contributed by atoms with Crippen LogP contribution >= 0.6 is 27.3 Å². The zero-order valence-electron chi connectivity index (χ0n) is 8.79. The molecular formula is C11H18BrNS. The topological polar surface area (TPSA) is 26.0 Å². The van der Waals surface area contributed by atoms with Gasteiger partial charge in [0.25, 0.3) is 0 Å². The smallest absolute Gasteiger partial charge is 0.0701 e. The molecule has 0 aliphatic carbocycles. The highest BCUT2D eigenvalue weighted by Crippen LogP contribution is 2.28. The van der Waals surface area contributed by atoms with Crippen molar-refractivity contribution in [2.75, 3.05) is 0 Å². The molecule has 0 aromatic carbocycles. The molecule has 1 atom stereocenters. The molecule has 1 nitrogen and oxygen atoms in total. The molecule has 0 fully saturated rings. The van der Waals surface area contributed by atoms with Gasteiger partial charge in [0.1, 0.15) is 0 Å². The zero-order valence-corrected chi connectivity index (χ0v) is 11.2. The minimum Gasteiger partial charge on any atom is -0.324 e. The van der Waals surface area contributed by atoms with E-state index in [9.17, 15) is 0 Å². The van der Waals surface area contributed by atoms with Gasteiger partial charge in [0.15, 0.2) is 0 Å². The van der Waals surface area contributed by atoms with E-state index >= 15 is 0 Å². The number of hydrogen-bond donors (Lipinski definition) is 1. The monoisotopic (exact) mass is 275 g/mol. The fourth-order valence-electron chi connectivity index (χ4n) is 1.64. The second kappa shape index (κ2) is 5.89. The Bertz CT molecular complexity index is 268. The van der Waals surface area contributed by atoms with Gasteiger partial charge in [-0.05, 0) is 45.3 Å². The summed E-state index contributed by atoms with van der Waals surface area (Å²) in [5.74, 6) is 0.767. The van der Waals surface area contributed by atoms with Gasteiger partial charge in [-0.3, -0.25) is 0 Å². The Kier molecular flexibility index (Phi) is 5.13. The maximum Gasteiger partial charge on any atom is 0.0701 e. The molecule has 0 aliphatic rings. The van der Waals surface area contributed by atoms with E-state index in [1.165, 1.54) is 22.2 Å². The highest BCUT2D eigenvalue weighted by Gasteiger charge is 2.13. The van der Waals surface area contributed by atoms with Gasteiger partial charge in [0.05, 0.1) is 3.79 Å². The predicted octanol–water partition coefficient (Wildman–Crippen LogP) is 4.34. The maximum atomic E-state index is 6.15. The largest absolute Gasteiger partial charge is 0.324 e. The van der Waals surface area contributed by atoms with Gasteiger partial charge in [-0.2, -0.15) is 0 Å². The molecule has 0 saturated carbocycles. The molecule has 0 amide bonds. The lowest BCUT2D eigenvalue weighted by Gasteiger charge is -2.17. The first-order valence-electron chi connectivity index (χ1n) is 5.16. The van der Waals surface area contributed by atoms with Crippen molar-refractivity contribution < 1.29 is 0 Å². The number of halogens is 1. The fourth-order valence-corrected chi connectivity index (χ4v) is 2.88. The van der Waals surface area contributed by atoms with Crippen LogP contribution in [0.1, 0.15) is 44.7 Å². The van der Waals surface area contributed by atoms with E-state index in [2.05, 4.69) is 41.2 Å². The third-order valence-corrected chi connectivity index (χ3v) is 4.28. The fraction of sp³-hybridized carbons (Fsp3) is 0.636. The Morgan fingerprint density at radius 3 is 2.50 bits per heavy atom. The Hall–Kier alpha value is 0.140. The van der Waals surface area contributed by atoms with E-state index in [1.807, 2.05) is 0 Å². The molecule has 0 bridgehead atoms. The molecule has 0 saturated heterocycles. The number of rotatable bonds is 5. The molecule has 0 spiro atoms. The van der Waals surface area contributed by atoms with Crippen LogP contribution in [0, 0.1) is 5.92 Å². The highest BCUT2D eigenvalue weighted by molar-refractivity contribution is 9.11. The van der Waals surface area contributed by atoms with E-state index in [1.54, 1.807) is 11.3 Å². The van der Waals surface area contributed by atoms with Crippen molar-refractivity contribution in [2.45, 2.75) is 39.2 Å². The van der Waals surface area contributed by atoms with Crippen molar-refractivity contribution in [3.8, 4) is 0 Å². The van der Waals surface area contributed by atoms with Crippen molar-refractivity contribution in [3.63, 3.8) is 0 Å². The summed E-state index contributed by atoms with van der Waals surface area (Å²) in [6, 6.07) is 2.35. The number of thiophene rings is 1. The summed E-state index contributed by atoms with van der Waals surface area (Å²) in [5, 5.41) is 2.15. The quantitative estimate of drug-likeness (QED) is 0.850. The molecule has 0 aliphatic heterocycles. The van der Waals surface area contributed by atoms with Gasteiger partial charge < -0.3 is 5.73 Å². The second-order valence-corrected chi connectivity index (χ2v) is 6.00. The molecule has 1 aromatic heterocycles. The number of nitrogens with two attached hydrogens (primary N) is 1. The van der Waals surface area contributed by atoms with Gasteiger partial charge in [-0.25, -0.2) is 0 Å². The van der Waals surface area contributed by atoms with Crippen molar-refractivity contribution in [3.05, 3.63) is 20.8 Å². The van der Waals surface area contributed by atoms with Gasteiger partial charge in [0, 0.05) is 6.04 Å². The summed E-state index contributed by atoms with van der Waals surface area (Å²) in [6.07, 6.45) is 3.57. The first-order chi connectivity index (χ1) is 6.67. The summed E-state index contributed by atoms with van der Waals surface area (Å²) in [6.45, 7) is 4.48. The van der Waals surface area contributed by atoms with Gasteiger partial charge in [0.2, 0.25) is 0 Å². The molecule has 1 unspecified atom stereocenters. The van der Waals surface area contributed by atoms with E-state index in [0.717, 1.165) is 12.3 Å². The van der Waals surface area contributed by atoms with Crippen molar-refractivity contribution >= 4 is 27.3 Å². The van der Waals surface area contributed by atoms with E-state index < -0.39 is 0 Å². The Labute approximate surface area is 98.8 Å². The van der Waals surface area contributed by atoms with Crippen LogP contribution in [0.2, 0.25) is 0 Å². The molecule has 1 rings (SSSR count). The third kappa shape index (κ3) is 3.37. The third-order valence-electron chi connectivity index (χ3n) is 2.76. The Morgan fingerprint density at radius 1 is 1.43 bits per heavy atom. The predicted molar refractivity (Wildman–Crippen MR) is 67.6 cm³/mol. The molecule has 1 aromatic rings. The van der Waals surface area contributed by atoms with E-state index in [0.29, 0.717) is 0 Å². The SMILES string of the molecule is CCC(CC)CC(N)c1csc(Br)c1.